The molecule has 0 saturated heterocycles. The highest BCUT2D eigenvalue weighted by atomic mass is 35.5. The fourth-order valence-electron chi connectivity index (χ4n) is 1.39. The molecular weight excluding hydrogens is 273 g/mol. The zero-order valence-corrected chi connectivity index (χ0v) is 11.7. The molecule has 2 aromatic rings. The first kappa shape index (κ1) is 15.0. The van der Waals surface area contributed by atoms with Crippen LogP contribution in [0.2, 0.25) is 5.02 Å². The molecule has 0 bridgehead atoms. The maximum Gasteiger partial charge on any atom is 0.231 e. The van der Waals surface area contributed by atoms with Gasteiger partial charge in [-0.2, -0.15) is 4.98 Å². The van der Waals surface area contributed by atoms with Crippen molar-refractivity contribution in [2.75, 3.05) is 0 Å². The molecule has 0 aliphatic rings. The topological polar surface area (TPSA) is 64.9 Å². The van der Waals surface area contributed by atoms with E-state index < -0.39 is 0 Å². The van der Waals surface area contributed by atoms with Gasteiger partial charge in [-0.3, -0.25) is 0 Å². The first-order chi connectivity index (χ1) is 8.08. The Balaban J connectivity index is 0.00000162. The molecule has 1 aromatic carbocycles. The fraction of sp³-hybridized carbons (Fsp3) is 0.333. The molecule has 1 aromatic heterocycles. The minimum Gasteiger partial charge on any atom is -0.339 e. The summed E-state index contributed by atoms with van der Waals surface area (Å²) in [6.07, 6.45) is 0. The molecule has 6 heteroatoms. The SMILES string of the molecule is CC(N)C(C)c1nc(-c2cccc(Cl)c2)no1.Cl. The monoisotopic (exact) mass is 287 g/mol. The molecule has 98 valence electrons. The zero-order valence-electron chi connectivity index (χ0n) is 10.1. The molecule has 2 N–H and O–H groups in total. The lowest BCUT2D eigenvalue weighted by atomic mass is 10.1. The molecule has 0 aliphatic carbocycles. The summed E-state index contributed by atoms with van der Waals surface area (Å²) in [6, 6.07) is 7.31. The summed E-state index contributed by atoms with van der Waals surface area (Å²) in [5.74, 6) is 1.13. The van der Waals surface area contributed by atoms with Crippen LogP contribution in [0.25, 0.3) is 11.4 Å². The quantitative estimate of drug-likeness (QED) is 0.941. The van der Waals surface area contributed by atoms with Gasteiger partial charge in [-0.25, -0.2) is 0 Å². The van der Waals surface area contributed by atoms with Crippen molar-refractivity contribution in [1.29, 1.82) is 0 Å². The highest BCUT2D eigenvalue weighted by Crippen LogP contribution is 2.23. The predicted octanol–water partition coefficient (Wildman–Crippen LogP) is 3.26. The molecule has 0 radical (unpaired) electrons. The Morgan fingerprint density at radius 1 is 1.33 bits per heavy atom. The van der Waals surface area contributed by atoms with Crippen LogP contribution < -0.4 is 5.73 Å². The normalized spacial score (nSPS) is 13.8. The maximum absolute atomic E-state index is 5.91. The largest absolute Gasteiger partial charge is 0.339 e. The molecule has 0 spiro atoms. The second-order valence-corrected chi connectivity index (χ2v) is 4.55. The van der Waals surface area contributed by atoms with Gasteiger partial charge >= 0.3 is 0 Å². The van der Waals surface area contributed by atoms with Gasteiger partial charge in [0.2, 0.25) is 11.7 Å². The van der Waals surface area contributed by atoms with Crippen LogP contribution in [-0.4, -0.2) is 16.2 Å². The van der Waals surface area contributed by atoms with Gasteiger partial charge in [-0.1, -0.05) is 35.8 Å². The first-order valence-corrected chi connectivity index (χ1v) is 5.81. The standard InChI is InChI=1S/C12H14ClN3O.ClH/c1-7(8(2)14)12-15-11(16-17-12)9-4-3-5-10(13)6-9;/h3-8H,14H2,1-2H3;1H. The Kier molecular flexibility index (Phi) is 5.14. The smallest absolute Gasteiger partial charge is 0.231 e. The van der Waals surface area contributed by atoms with E-state index in [1.165, 1.54) is 0 Å². The zero-order chi connectivity index (χ0) is 12.4. The molecule has 4 nitrogen and oxygen atoms in total. The number of halogens is 2. The van der Waals surface area contributed by atoms with Crippen LogP contribution in [0.15, 0.2) is 28.8 Å². The molecular formula is C12H15Cl2N3O. The van der Waals surface area contributed by atoms with Crippen molar-refractivity contribution in [3.8, 4) is 11.4 Å². The first-order valence-electron chi connectivity index (χ1n) is 5.43. The molecule has 0 aliphatic heterocycles. The van der Waals surface area contributed by atoms with Gasteiger partial charge in [0.15, 0.2) is 0 Å². The van der Waals surface area contributed by atoms with Crippen LogP contribution in [0.3, 0.4) is 0 Å². The van der Waals surface area contributed by atoms with Crippen molar-refractivity contribution in [2.45, 2.75) is 25.8 Å². The average molecular weight is 288 g/mol. The number of hydrogen-bond acceptors (Lipinski definition) is 4. The van der Waals surface area contributed by atoms with Crippen molar-refractivity contribution in [1.82, 2.24) is 10.1 Å². The third kappa shape index (κ3) is 3.22. The number of rotatable bonds is 3. The van der Waals surface area contributed by atoms with Crippen molar-refractivity contribution in [2.24, 2.45) is 5.73 Å². The molecule has 2 unspecified atom stereocenters. The van der Waals surface area contributed by atoms with E-state index in [1.54, 1.807) is 12.1 Å². The van der Waals surface area contributed by atoms with Gasteiger partial charge in [-0.05, 0) is 19.1 Å². The Hall–Kier alpha value is -1.10. The lowest BCUT2D eigenvalue weighted by Crippen LogP contribution is -2.22. The number of nitrogens with zero attached hydrogens (tertiary/aromatic N) is 2. The van der Waals surface area contributed by atoms with E-state index in [-0.39, 0.29) is 24.4 Å². The van der Waals surface area contributed by atoms with Crippen LogP contribution in [0.4, 0.5) is 0 Å². The summed E-state index contributed by atoms with van der Waals surface area (Å²) in [6.45, 7) is 3.87. The summed E-state index contributed by atoms with van der Waals surface area (Å²) in [5, 5.41) is 4.58. The van der Waals surface area contributed by atoms with Crippen LogP contribution in [0.5, 0.6) is 0 Å². The van der Waals surface area contributed by atoms with Gasteiger partial charge in [0.05, 0.1) is 5.92 Å². The maximum atomic E-state index is 5.91. The van der Waals surface area contributed by atoms with Crippen LogP contribution in [0.1, 0.15) is 25.7 Å². The molecule has 0 fully saturated rings. The Labute approximate surface area is 117 Å². The second kappa shape index (κ2) is 6.18. The van der Waals surface area contributed by atoms with Gasteiger partial charge in [0.1, 0.15) is 0 Å². The van der Waals surface area contributed by atoms with Crippen molar-refractivity contribution in [3.05, 3.63) is 35.2 Å². The van der Waals surface area contributed by atoms with Gasteiger partial charge in [-0.15, -0.1) is 12.4 Å². The lowest BCUT2D eigenvalue weighted by Gasteiger charge is -2.09. The predicted molar refractivity (Wildman–Crippen MR) is 74.1 cm³/mol. The molecule has 0 amide bonds. The third-order valence-corrected chi connectivity index (χ3v) is 2.94. The molecule has 0 saturated carbocycles. The van der Waals surface area contributed by atoms with E-state index in [2.05, 4.69) is 10.1 Å². The highest BCUT2D eigenvalue weighted by Gasteiger charge is 2.18. The number of aromatic nitrogens is 2. The number of hydrogen-bond donors (Lipinski definition) is 1. The molecule has 1 heterocycles. The summed E-state index contributed by atoms with van der Waals surface area (Å²) in [4.78, 5) is 4.33. The van der Waals surface area contributed by atoms with Gasteiger partial charge < -0.3 is 10.3 Å². The Morgan fingerprint density at radius 2 is 2.06 bits per heavy atom. The summed E-state index contributed by atoms with van der Waals surface area (Å²) >= 11 is 5.91. The third-order valence-electron chi connectivity index (χ3n) is 2.70. The van der Waals surface area contributed by atoms with Crippen LogP contribution >= 0.6 is 24.0 Å². The van der Waals surface area contributed by atoms with E-state index in [0.29, 0.717) is 16.7 Å². The average Bonchev–Trinajstić information content (AvgIpc) is 2.77. The van der Waals surface area contributed by atoms with Crippen molar-refractivity contribution < 1.29 is 4.52 Å². The van der Waals surface area contributed by atoms with E-state index in [1.807, 2.05) is 26.0 Å². The summed E-state index contributed by atoms with van der Waals surface area (Å²) in [5.41, 5.74) is 6.63. The van der Waals surface area contributed by atoms with E-state index in [0.717, 1.165) is 5.56 Å². The Bertz CT molecular complexity index is 514. The minimum atomic E-state index is -0.0253. The second-order valence-electron chi connectivity index (χ2n) is 4.11. The van der Waals surface area contributed by atoms with Crippen LogP contribution in [-0.2, 0) is 0 Å². The van der Waals surface area contributed by atoms with Gasteiger partial charge in [0, 0.05) is 16.6 Å². The van der Waals surface area contributed by atoms with E-state index in [9.17, 15) is 0 Å². The summed E-state index contributed by atoms with van der Waals surface area (Å²) in [7, 11) is 0. The molecule has 2 rings (SSSR count). The number of benzene rings is 1. The Morgan fingerprint density at radius 3 is 2.67 bits per heavy atom. The van der Waals surface area contributed by atoms with Gasteiger partial charge in [0.25, 0.3) is 0 Å². The minimum absolute atomic E-state index is 0. The lowest BCUT2D eigenvalue weighted by molar-refractivity contribution is 0.347. The van der Waals surface area contributed by atoms with E-state index in [4.69, 9.17) is 21.9 Å². The number of nitrogens with two attached hydrogens (primary N) is 1. The molecule has 18 heavy (non-hydrogen) atoms. The fourth-order valence-corrected chi connectivity index (χ4v) is 1.58. The van der Waals surface area contributed by atoms with Crippen LogP contribution in [0, 0.1) is 0 Å². The highest BCUT2D eigenvalue weighted by molar-refractivity contribution is 6.30. The molecule has 2 atom stereocenters. The van der Waals surface area contributed by atoms with Crippen molar-refractivity contribution >= 4 is 24.0 Å². The summed E-state index contributed by atoms with van der Waals surface area (Å²) < 4.78 is 5.20. The van der Waals surface area contributed by atoms with E-state index >= 15 is 0 Å². The van der Waals surface area contributed by atoms with Crippen molar-refractivity contribution in [3.63, 3.8) is 0 Å².